The van der Waals surface area contributed by atoms with Crippen molar-refractivity contribution in [2.24, 2.45) is 0 Å². The molecule has 1 saturated heterocycles. The van der Waals surface area contributed by atoms with Crippen LogP contribution in [0.15, 0.2) is 54.7 Å². The molecular weight excluding hydrogens is 434 g/mol. The number of hydrogen-bond acceptors (Lipinski definition) is 5. The van der Waals surface area contributed by atoms with Gasteiger partial charge in [0.15, 0.2) is 0 Å². The van der Waals surface area contributed by atoms with E-state index in [4.69, 9.17) is 11.6 Å². The van der Waals surface area contributed by atoms with Crippen molar-refractivity contribution in [2.45, 2.75) is 18.9 Å². The van der Waals surface area contributed by atoms with Crippen LogP contribution in [-0.4, -0.2) is 36.1 Å². The van der Waals surface area contributed by atoms with Crippen molar-refractivity contribution in [3.05, 3.63) is 64.6 Å². The van der Waals surface area contributed by atoms with E-state index < -0.39 is 6.03 Å². The molecule has 0 unspecified atom stereocenters. The third-order valence-electron chi connectivity index (χ3n) is 4.85. The lowest BCUT2D eigenvalue weighted by molar-refractivity contribution is 0.0935. The van der Waals surface area contributed by atoms with Crippen LogP contribution in [0, 0.1) is 0 Å². The Morgan fingerprint density at radius 3 is 2.68 bits per heavy atom. The van der Waals surface area contributed by atoms with Crippen LogP contribution in [0.5, 0.6) is 0 Å². The molecule has 31 heavy (non-hydrogen) atoms. The van der Waals surface area contributed by atoms with E-state index in [1.54, 1.807) is 42.6 Å². The molecule has 0 radical (unpaired) electrons. The number of hydrogen-bond donors (Lipinski definition) is 4. The maximum Gasteiger partial charge on any atom is 0.324 e. The molecule has 1 aliphatic heterocycles. The van der Waals surface area contributed by atoms with Crippen molar-refractivity contribution in [3.63, 3.8) is 0 Å². The van der Waals surface area contributed by atoms with E-state index in [0.717, 1.165) is 36.4 Å². The van der Waals surface area contributed by atoms with E-state index in [1.807, 2.05) is 12.1 Å². The largest absolute Gasteiger partial charge is 0.347 e. The number of thiophene rings is 1. The topological polar surface area (TPSA) is 95.2 Å². The average Bonchev–Trinajstić information content (AvgIpc) is 3.19. The van der Waals surface area contributed by atoms with Gasteiger partial charge >= 0.3 is 6.03 Å². The summed E-state index contributed by atoms with van der Waals surface area (Å²) in [5, 5.41) is 12.5. The van der Waals surface area contributed by atoms with E-state index in [0.29, 0.717) is 21.4 Å². The number of carbonyl (C=O) groups is 2. The second-order valence-corrected chi connectivity index (χ2v) is 8.66. The highest BCUT2D eigenvalue weighted by Gasteiger charge is 2.22. The molecule has 1 fully saturated rings. The van der Waals surface area contributed by atoms with Crippen molar-refractivity contribution in [1.82, 2.24) is 15.6 Å². The first-order valence-electron chi connectivity index (χ1n) is 9.99. The molecule has 160 valence electrons. The maximum absolute atomic E-state index is 13.0. The predicted molar refractivity (Wildman–Crippen MR) is 125 cm³/mol. The molecule has 0 aliphatic carbocycles. The predicted octanol–water partition coefficient (Wildman–Crippen LogP) is 4.59. The summed E-state index contributed by atoms with van der Waals surface area (Å²) in [4.78, 5) is 31.0. The van der Waals surface area contributed by atoms with Gasteiger partial charge in [-0.3, -0.25) is 10.1 Å². The van der Waals surface area contributed by atoms with Crippen LogP contribution in [0.1, 0.15) is 22.5 Å². The second-order valence-electron chi connectivity index (χ2n) is 7.17. The number of rotatable bonds is 5. The van der Waals surface area contributed by atoms with Gasteiger partial charge in [0, 0.05) is 28.7 Å². The summed E-state index contributed by atoms with van der Waals surface area (Å²) in [6, 6.07) is 14.0. The van der Waals surface area contributed by atoms with E-state index in [1.165, 1.54) is 11.3 Å². The molecule has 1 atom stereocenters. The van der Waals surface area contributed by atoms with Gasteiger partial charge in [-0.15, -0.1) is 11.3 Å². The Morgan fingerprint density at radius 1 is 1.13 bits per heavy atom. The van der Waals surface area contributed by atoms with Crippen LogP contribution in [0.2, 0.25) is 5.02 Å². The van der Waals surface area contributed by atoms with E-state index in [-0.39, 0.29) is 11.9 Å². The van der Waals surface area contributed by atoms with Gasteiger partial charge in [0.1, 0.15) is 10.7 Å². The number of halogens is 1. The van der Waals surface area contributed by atoms with Gasteiger partial charge in [-0.05, 0) is 55.3 Å². The van der Waals surface area contributed by atoms with Crippen LogP contribution in [0.25, 0.3) is 10.4 Å². The van der Waals surface area contributed by atoms with Crippen LogP contribution in [0.3, 0.4) is 0 Å². The number of urea groups is 1. The molecule has 3 amide bonds. The average molecular weight is 456 g/mol. The Labute approximate surface area is 189 Å². The lowest BCUT2D eigenvalue weighted by atomic mass is 10.1. The standard InChI is InChI=1S/C22H22ClN5O2S/c23-15-8-6-14(7-9-15)18-12-17(27-22(30)28-19-5-1-2-11-25-19)20(31-18)21(29)26-16-4-3-10-24-13-16/h1-2,5-9,11-12,16,24H,3-4,10,13H2,(H,26,29)(H2,25,27,28,30)/t16-/m0/s1. The molecule has 1 aliphatic rings. The monoisotopic (exact) mass is 455 g/mol. The molecule has 0 saturated carbocycles. The van der Waals surface area contributed by atoms with Gasteiger partial charge < -0.3 is 16.0 Å². The van der Waals surface area contributed by atoms with Crippen molar-refractivity contribution in [2.75, 3.05) is 23.7 Å². The van der Waals surface area contributed by atoms with Crippen molar-refractivity contribution in [3.8, 4) is 10.4 Å². The number of nitrogens with one attached hydrogen (secondary N) is 4. The van der Waals surface area contributed by atoms with Crippen molar-refractivity contribution >= 4 is 46.4 Å². The van der Waals surface area contributed by atoms with Crippen LogP contribution < -0.4 is 21.3 Å². The third kappa shape index (κ3) is 5.61. The number of amides is 3. The number of nitrogens with zero attached hydrogens (tertiary/aromatic N) is 1. The molecule has 7 nitrogen and oxygen atoms in total. The summed E-state index contributed by atoms with van der Waals surface area (Å²) in [5.74, 6) is 0.222. The Bertz CT molecular complexity index is 1050. The number of carbonyl (C=O) groups excluding carboxylic acids is 2. The van der Waals surface area contributed by atoms with E-state index in [9.17, 15) is 9.59 Å². The Hall–Kier alpha value is -2.94. The Morgan fingerprint density at radius 2 is 1.97 bits per heavy atom. The highest BCUT2D eigenvalue weighted by Crippen LogP contribution is 2.35. The third-order valence-corrected chi connectivity index (χ3v) is 6.29. The minimum Gasteiger partial charge on any atom is -0.347 e. The molecule has 3 aromatic rings. The first kappa shape index (κ1) is 21.3. The summed E-state index contributed by atoms with van der Waals surface area (Å²) in [7, 11) is 0. The van der Waals surface area contributed by atoms with Crippen LogP contribution >= 0.6 is 22.9 Å². The summed E-state index contributed by atoms with van der Waals surface area (Å²) < 4.78 is 0. The fourth-order valence-corrected chi connectivity index (χ4v) is 4.49. The van der Waals surface area contributed by atoms with E-state index in [2.05, 4.69) is 26.3 Å². The normalized spacial score (nSPS) is 15.8. The maximum atomic E-state index is 13.0. The molecule has 3 heterocycles. The van der Waals surface area contributed by atoms with E-state index >= 15 is 0 Å². The highest BCUT2D eigenvalue weighted by atomic mass is 35.5. The molecule has 2 aromatic heterocycles. The molecule has 9 heteroatoms. The number of piperidine rings is 1. The summed E-state index contributed by atoms with van der Waals surface area (Å²) in [5.41, 5.74) is 1.37. The smallest absolute Gasteiger partial charge is 0.324 e. The molecular formula is C22H22ClN5O2S. The van der Waals surface area contributed by atoms with Gasteiger partial charge in [0.25, 0.3) is 5.91 Å². The van der Waals surface area contributed by atoms with Crippen molar-refractivity contribution in [1.29, 1.82) is 0 Å². The first-order valence-corrected chi connectivity index (χ1v) is 11.2. The van der Waals surface area contributed by atoms with Crippen LogP contribution in [0.4, 0.5) is 16.3 Å². The molecule has 1 aromatic carbocycles. The number of benzene rings is 1. The summed E-state index contributed by atoms with van der Waals surface area (Å²) >= 11 is 7.33. The fourth-order valence-electron chi connectivity index (χ4n) is 3.34. The van der Waals surface area contributed by atoms with Gasteiger partial charge in [-0.25, -0.2) is 9.78 Å². The second kappa shape index (κ2) is 9.91. The van der Waals surface area contributed by atoms with Gasteiger partial charge in [-0.2, -0.15) is 0 Å². The molecule has 4 N–H and O–H groups in total. The zero-order chi connectivity index (χ0) is 21.6. The zero-order valence-corrected chi connectivity index (χ0v) is 18.2. The lowest BCUT2D eigenvalue weighted by Gasteiger charge is -2.23. The first-order chi connectivity index (χ1) is 15.1. The number of anilines is 2. The SMILES string of the molecule is O=C(Nc1ccccn1)Nc1cc(-c2ccc(Cl)cc2)sc1C(=O)N[C@H]1CCCNC1. The minimum absolute atomic E-state index is 0.0672. The number of pyridine rings is 1. The van der Waals surface area contributed by atoms with Crippen molar-refractivity contribution < 1.29 is 9.59 Å². The van der Waals surface area contributed by atoms with Gasteiger partial charge in [0.05, 0.1) is 5.69 Å². The Balaban J connectivity index is 1.57. The summed E-state index contributed by atoms with van der Waals surface area (Å²) in [6.07, 6.45) is 3.54. The highest BCUT2D eigenvalue weighted by molar-refractivity contribution is 7.18. The van der Waals surface area contributed by atoms with Crippen LogP contribution in [-0.2, 0) is 0 Å². The molecule has 0 spiro atoms. The van der Waals surface area contributed by atoms with Gasteiger partial charge in [0.2, 0.25) is 0 Å². The molecule has 0 bridgehead atoms. The molecule has 4 rings (SSSR count). The Kier molecular flexibility index (Phi) is 6.81. The quantitative estimate of drug-likeness (QED) is 0.452. The fraction of sp³-hybridized carbons (Fsp3) is 0.227. The minimum atomic E-state index is -0.465. The number of aromatic nitrogens is 1. The van der Waals surface area contributed by atoms with Gasteiger partial charge in [-0.1, -0.05) is 29.8 Å². The summed E-state index contributed by atoms with van der Waals surface area (Å²) in [6.45, 7) is 1.71. The lowest BCUT2D eigenvalue weighted by Crippen LogP contribution is -2.45. The zero-order valence-electron chi connectivity index (χ0n) is 16.7.